The highest BCUT2D eigenvalue weighted by Crippen LogP contribution is 2.25. The SMILES string of the molecule is CCc1cccc(CC(=O)NCC(CC)(CC)C(=O)O)c1. The predicted molar refractivity (Wildman–Crippen MR) is 83.2 cm³/mol. The Morgan fingerprint density at radius 3 is 2.29 bits per heavy atom. The van der Waals surface area contributed by atoms with Crippen LogP contribution in [0.5, 0.6) is 0 Å². The molecule has 0 atom stereocenters. The molecular formula is C17H25NO3. The first-order valence-electron chi connectivity index (χ1n) is 7.55. The highest BCUT2D eigenvalue weighted by atomic mass is 16.4. The summed E-state index contributed by atoms with van der Waals surface area (Å²) in [5.74, 6) is -0.975. The Bertz CT molecular complexity index is 493. The fraction of sp³-hybridized carbons (Fsp3) is 0.529. The Morgan fingerprint density at radius 1 is 1.14 bits per heavy atom. The maximum absolute atomic E-state index is 12.0. The van der Waals surface area contributed by atoms with Gasteiger partial charge in [0, 0.05) is 6.54 Å². The van der Waals surface area contributed by atoms with Crippen molar-refractivity contribution in [2.75, 3.05) is 6.54 Å². The lowest BCUT2D eigenvalue weighted by atomic mass is 9.82. The summed E-state index contributed by atoms with van der Waals surface area (Å²) in [7, 11) is 0. The molecule has 21 heavy (non-hydrogen) atoms. The molecule has 1 aromatic rings. The number of carboxylic acid groups (broad SMARTS) is 1. The molecule has 0 heterocycles. The minimum atomic E-state index is -0.860. The maximum Gasteiger partial charge on any atom is 0.311 e. The topological polar surface area (TPSA) is 66.4 Å². The number of aliphatic carboxylic acids is 1. The van der Waals surface area contributed by atoms with E-state index in [0.29, 0.717) is 12.8 Å². The van der Waals surface area contributed by atoms with Gasteiger partial charge < -0.3 is 10.4 Å². The Kier molecular flexibility index (Phi) is 6.40. The van der Waals surface area contributed by atoms with Crippen LogP contribution in [0.25, 0.3) is 0 Å². The second kappa shape index (κ2) is 7.81. The second-order valence-corrected chi connectivity index (χ2v) is 5.42. The summed E-state index contributed by atoms with van der Waals surface area (Å²) in [4.78, 5) is 23.4. The summed E-state index contributed by atoms with van der Waals surface area (Å²) < 4.78 is 0. The fourth-order valence-corrected chi connectivity index (χ4v) is 2.35. The molecule has 0 unspecified atom stereocenters. The normalized spacial score (nSPS) is 11.2. The molecule has 1 rings (SSSR count). The van der Waals surface area contributed by atoms with Crippen molar-refractivity contribution >= 4 is 11.9 Å². The number of carbonyl (C=O) groups excluding carboxylic acids is 1. The van der Waals surface area contributed by atoms with Crippen LogP contribution in [0.1, 0.15) is 44.7 Å². The van der Waals surface area contributed by atoms with Crippen molar-refractivity contribution in [3.05, 3.63) is 35.4 Å². The Hall–Kier alpha value is -1.84. The number of rotatable bonds is 8. The van der Waals surface area contributed by atoms with Gasteiger partial charge in [-0.15, -0.1) is 0 Å². The van der Waals surface area contributed by atoms with Gasteiger partial charge in [0.1, 0.15) is 0 Å². The van der Waals surface area contributed by atoms with Gasteiger partial charge in [-0.25, -0.2) is 0 Å². The lowest BCUT2D eigenvalue weighted by molar-refractivity contribution is -0.149. The van der Waals surface area contributed by atoms with E-state index in [1.807, 2.05) is 38.1 Å². The van der Waals surface area contributed by atoms with E-state index in [4.69, 9.17) is 0 Å². The molecule has 0 saturated heterocycles. The first-order chi connectivity index (χ1) is 9.97. The third-order valence-electron chi connectivity index (χ3n) is 4.20. The quantitative estimate of drug-likeness (QED) is 0.774. The van der Waals surface area contributed by atoms with Crippen LogP contribution in [0, 0.1) is 5.41 Å². The zero-order valence-electron chi connectivity index (χ0n) is 13.1. The highest BCUT2D eigenvalue weighted by molar-refractivity contribution is 5.80. The van der Waals surface area contributed by atoms with Crippen LogP contribution < -0.4 is 5.32 Å². The molecule has 2 N–H and O–H groups in total. The number of amides is 1. The van der Waals surface area contributed by atoms with Crippen molar-refractivity contribution in [2.24, 2.45) is 5.41 Å². The third-order valence-corrected chi connectivity index (χ3v) is 4.20. The first-order valence-corrected chi connectivity index (χ1v) is 7.55. The molecule has 1 amide bonds. The smallest absolute Gasteiger partial charge is 0.311 e. The average Bonchev–Trinajstić information content (AvgIpc) is 2.48. The van der Waals surface area contributed by atoms with E-state index in [1.54, 1.807) is 0 Å². The summed E-state index contributed by atoms with van der Waals surface area (Å²) in [6.07, 6.45) is 2.23. The summed E-state index contributed by atoms with van der Waals surface area (Å²) in [6, 6.07) is 7.92. The highest BCUT2D eigenvalue weighted by Gasteiger charge is 2.35. The molecule has 0 aliphatic carbocycles. The van der Waals surface area contributed by atoms with E-state index >= 15 is 0 Å². The van der Waals surface area contributed by atoms with Crippen LogP contribution in [0.15, 0.2) is 24.3 Å². The number of hydrogen-bond donors (Lipinski definition) is 2. The molecule has 4 nitrogen and oxygen atoms in total. The van der Waals surface area contributed by atoms with Gasteiger partial charge in [0.15, 0.2) is 0 Å². The van der Waals surface area contributed by atoms with E-state index in [2.05, 4.69) is 12.2 Å². The van der Waals surface area contributed by atoms with E-state index in [0.717, 1.165) is 12.0 Å². The first kappa shape index (κ1) is 17.2. The zero-order valence-corrected chi connectivity index (χ0v) is 13.1. The molecule has 0 fully saturated rings. The van der Waals surface area contributed by atoms with Gasteiger partial charge in [-0.1, -0.05) is 45.0 Å². The number of carbonyl (C=O) groups is 2. The van der Waals surface area contributed by atoms with Gasteiger partial charge in [0.25, 0.3) is 0 Å². The minimum absolute atomic E-state index is 0.129. The van der Waals surface area contributed by atoms with Crippen LogP contribution in [-0.4, -0.2) is 23.5 Å². The molecule has 1 aromatic carbocycles. The van der Waals surface area contributed by atoms with Crippen molar-refractivity contribution in [3.8, 4) is 0 Å². The summed E-state index contributed by atoms with van der Waals surface area (Å²) in [5.41, 5.74) is 1.30. The number of hydrogen-bond acceptors (Lipinski definition) is 2. The van der Waals surface area contributed by atoms with Crippen LogP contribution in [-0.2, 0) is 22.4 Å². The zero-order chi connectivity index (χ0) is 15.9. The predicted octanol–water partition coefficient (Wildman–Crippen LogP) is 2.80. The van der Waals surface area contributed by atoms with Crippen molar-refractivity contribution < 1.29 is 14.7 Å². The third kappa shape index (κ3) is 4.59. The van der Waals surface area contributed by atoms with Crippen molar-refractivity contribution in [1.29, 1.82) is 0 Å². The maximum atomic E-state index is 12.0. The molecule has 4 heteroatoms. The van der Waals surface area contributed by atoms with Gasteiger partial charge in [0.2, 0.25) is 5.91 Å². The van der Waals surface area contributed by atoms with E-state index in [1.165, 1.54) is 5.56 Å². The van der Waals surface area contributed by atoms with Crippen molar-refractivity contribution in [2.45, 2.75) is 46.5 Å². The molecule has 0 bridgehead atoms. The molecule has 0 spiro atoms. The number of aryl methyl sites for hydroxylation is 1. The lowest BCUT2D eigenvalue weighted by Crippen LogP contribution is -2.42. The number of benzene rings is 1. The standard InChI is InChI=1S/C17H25NO3/c1-4-13-8-7-9-14(10-13)11-15(19)18-12-17(5-2,6-3)16(20)21/h7-10H,4-6,11-12H2,1-3H3,(H,18,19)(H,20,21). The fourth-order valence-electron chi connectivity index (χ4n) is 2.35. The van der Waals surface area contributed by atoms with E-state index < -0.39 is 11.4 Å². The Labute approximate surface area is 126 Å². The van der Waals surface area contributed by atoms with Crippen LogP contribution >= 0.6 is 0 Å². The van der Waals surface area contributed by atoms with E-state index in [-0.39, 0.29) is 18.9 Å². The monoisotopic (exact) mass is 291 g/mol. The average molecular weight is 291 g/mol. The number of carboxylic acids is 1. The summed E-state index contributed by atoms with van der Waals surface area (Å²) in [5, 5.41) is 12.1. The molecule has 0 saturated carbocycles. The van der Waals surface area contributed by atoms with Crippen LogP contribution in [0.3, 0.4) is 0 Å². The van der Waals surface area contributed by atoms with Gasteiger partial charge in [-0.2, -0.15) is 0 Å². The molecule has 0 aromatic heterocycles. The Morgan fingerprint density at radius 2 is 1.76 bits per heavy atom. The molecular weight excluding hydrogens is 266 g/mol. The second-order valence-electron chi connectivity index (χ2n) is 5.42. The number of nitrogens with one attached hydrogen (secondary N) is 1. The van der Waals surface area contributed by atoms with Gasteiger partial charge in [-0.05, 0) is 30.4 Å². The van der Waals surface area contributed by atoms with Crippen molar-refractivity contribution in [3.63, 3.8) is 0 Å². The summed E-state index contributed by atoms with van der Waals surface area (Å²) >= 11 is 0. The van der Waals surface area contributed by atoms with E-state index in [9.17, 15) is 14.7 Å². The minimum Gasteiger partial charge on any atom is -0.481 e. The summed E-state index contributed by atoms with van der Waals surface area (Å²) in [6.45, 7) is 5.94. The Balaban J connectivity index is 2.63. The van der Waals surface area contributed by atoms with Crippen LogP contribution in [0.2, 0.25) is 0 Å². The van der Waals surface area contributed by atoms with Crippen LogP contribution in [0.4, 0.5) is 0 Å². The largest absolute Gasteiger partial charge is 0.481 e. The molecule has 0 aliphatic heterocycles. The molecule has 116 valence electrons. The lowest BCUT2D eigenvalue weighted by Gasteiger charge is -2.26. The van der Waals surface area contributed by atoms with Crippen molar-refractivity contribution in [1.82, 2.24) is 5.32 Å². The van der Waals surface area contributed by atoms with Gasteiger partial charge in [-0.3, -0.25) is 9.59 Å². The molecule has 0 aliphatic rings. The van der Waals surface area contributed by atoms with Gasteiger partial charge in [0.05, 0.1) is 11.8 Å². The van der Waals surface area contributed by atoms with Gasteiger partial charge >= 0.3 is 5.97 Å². The molecule has 0 radical (unpaired) electrons.